The van der Waals surface area contributed by atoms with Crippen LogP contribution in [0.25, 0.3) is 0 Å². The first kappa shape index (κ1) is 17.9. The number of nitrogens with two attached hydrogens (primary N) is 1. The highest BCUT2D eigenvalue weighted by Crippen LogP contribution is 2.18. The molecule has 0 saturated heterocycles. The molecule has 1 aromatic carbocycles. The summed E-state index contributed by atoms with van der Waals surface area (Å²) in [5, 5.41) is 6.20. The summed E-state index contributed by atoms with van der Waals surface area (Å²) in [6, 6.07) is 7.31. The van der Waals surface area contributed by atoms with Gasteiger partial charge in [0.15, 0.2) is 0 Å². The lowest BCUT2D eigenvalue weighted by Crippen LogP contribution is -2.27. The van der Waals surface area contributed by atoms with Crippen molar-refractivity contribution in [1.29, 1.82) is 0 Å². The zero-order valence-corrected chi connectivity index (χ0v) is 13.9. The average molecular weight is 346 g/mol. The molecule has 1 amide bonds. The molecule has 0 aliphatic rings. The van der Waals surface area contributed by atoms with Gasteiger partial charge in [0.05, 0.1) is 11.0 Å². The predicted molar refractivity (Wildman–Crippen MR) is 89.5 cm³/mol. The van der Waals surface area contributed by atoms with E-state index in [9.17, 15) is 4.79 Å². The van der Waals surface area contributed by atoms with E-state index in [1.54, 1.807) is 11.4 Å². The van der Waals surface area contributed by atoms with Gasteiger partial charge in [-0.15, -0.1) is 23.7 Å². The predicted octanol–water partition coefficient (Wildman–Crippen LogP) is 3.21. The molecule has 1 heterocycles. The van der Waals surface area contributed by atoms with E-state index in [4.69, 9.17) is 17.3 Å². The standard InChI is InChI=1S/C14H16ClN3OS.ClH/c1-9(10-3-2-4-11(15)7-10)17-14(19)12-8-20-13(18-12)5-6-16;/h2-4,7-9H,5-6,16H2,1H3,(H,17,19);1H. The summed E-state index contributed by atoms with van der Waals surface area (Å²) >= 11 is 7.40. The van der Waals surface area contributed by atoms with Crippen molar-refractivity contribution < 1.29 is 4.79 Å². The minimum atomic E-state index is -0.183. The highest BCUT2D eigenvalue weighted by Gasteiger charge is 2.14. The van der Waals surface area contributed by atoms with Gasteiger partial charge in [-0.2, -0.15) is 0 Å². The molecule has 7 heteroatoms. The van der Waals surface area contributed by atoms with Crippen molar-refractivity contribution in [2.75, 3.05) is 6.54 Å². The van der Waals surface area contributed by atoms with Crippen molar-refractivity contribution in [2.24, 2.45) is 5.73 Å². The van der Waals surface area contributed by atoms with Crippen LogP contribution < -0.4 is 11.1 Å². The molecule has 3 N–H and O–H groups in total. The number of benzene rings is 1. The van der Waals surface area contributed by atoms with Crippen molar-refractivity contribution in [3.8, 4) is 0 Å². The summed E-state index contributed by atoms with van der Waals surface area (Å²) in [5.74, 6) is -0.183. The van der Waals surface area contributed by atoms with Crippen LogP contribution in [0.2, 0.25) is 5.02 Å². The summed E-state index contributed by atoms with van der Waals surface area (Å²) in [5.41, 5.74) is 6.87. The molecule has 21 heavy (non-hydrogen) atoms. The van der Waals surface area contributed by atoms with Crippen LogP contribution in [0.5, 0.6) is 0 Å². The second-order valence-corrected chi connectivity index (χ2v) is 5.79. The fourth-order valence-corrected chi connectivity index (χ4v) is 2.78. The van der Waals surface area contributed by atoms with Crippen molar-refractivity contribution >= 4 is 41.3 Å². The largest absolute Gasteiger partial charge is 0.344 e. The Labute approximate surface area is 139 Å². The van der Waals surface area contributed by atoms with Crippen LogP contribution in [0.3, 0.4) is 0 Å². The molecule has 2 aromatic rings. The number of thiazole rings is 1. The fourth-order valence-electron chi connectivity index (χ4n) is 1.78. The molecular formula is C14H17Cl2N3OS. The van der Waals surface area contributed by atoms with Crippen molar-refractivity contribution in [3.05, 3.63) is 50.9 Å². The minimum absolute atomic E-state index is 0. The summed E-state index contributed by atoms with van der Waals surface area (Å²) in [7, 11) is 0. The molecule has 0 radical (unpaired) electrons. The molecule has 0 bridgehead atoms. The van der Waals surface area contributed by atoms with Crippen LogP contribution in [0.15, 0.2) is 29.6 Å². The smallest absolute Gasteiger partial charge is 0.271 e. The summed E-state index contributed by atoms with van der Waals surface area (Å²) in [6.45, 7) is 2.45. The third kappa shape index (κ3) is 4.97. The van der Waals surface area contributed by atoms with Gasteiger partial charge in [-0.3, -0.25) is 4.79 Å². The van der Waals surface area contributed by atoms with Crippen molar-refractivity contribution in [1.82, 2.24) is 10.3 Å². The van der Waals surface area contributed by atoms with E-state index in [1.165, 1.54) is 11.3 Å². The van der Waals surface area contributed by atoms with Gasteiger partial charge in [0.1, 0.15) is 5.69 Å². The molecule has 0 aliphatic heterocycles. The number of amides is 1. The van der Waals surface area contributed by atoms with Gasteiger partial charge in [-0.25, -0.2) is 4.98 Å². The lowest BCUT2D eigenvalue weighted by molar-refractivity contribution is 0.0935. The first-order chi connectivity index (χ1) is 9.60. The lowest BCUT2D eigenvalue weighted by Gasteiger charge is -2.13. The quantitative estimate of drug-likeness (QED) is 0.874. The lowest BCUT2D eigenvalue weighted by atomic mass is 10.1. The first-order valence-corrected chi connectivity index (χ1v) is 7.56. The van der Waals surface area contributed by atoms with Gasteiger partial charge in [-0.05, 0) is 31.2 Å². The normalized spacial score (nSPS) is 11.6. The average Bonchev–Trinajstić information content (AvgIpc) is 2.88. The Morgan fingerprint density at radius 3 is 2.95 bits per heavy atom. The molecule has 1 aromatic heterocycles. The molecule has 0 spiro atoms. The molecule has 2 rings (SSSR count). The Bertz CT molecular complexity index is 603. The zero-order chi connectivity index (χ0) is 14.5. The Hall–Kier alpha value is -1.14. The maximum atomic E-state index is 12.1. The third-order valence-electron chi connectivity index (χ3n) is 2.84. The van der Waals surface area contributed by atoms with E-state index >= 15 is 0 Å². The van der Waals surface area contributed by atoms with E-state index < -0.39 is 0 Å². The topological polar surface area (TPSA) is 68.0 Å². The highest BCUT2D eigenvalue weighted by molar-refractivity contribution is 7.09. The SMILES string of the molecule is CC(NC(=O)c1csc(CCN)n1)c1cccc(Cl)c1.Cl. The van der Waals surface area contributed by atoms with E-state index in [2.05, 4.69) is 10.3 Å². The number of halogens is 2. The van der Waals surface area contributed by atoms with Gasteiger partial charge >= 0.3 is 0 Å². The number of aromatic nitrogens is 1. The summed E-state index contributed by atoms with van der Waals surface area (Å²) in [4.78, 5) is 16.4. The van der Waals surface area contributed by atoms with Gasteiger partial charge < -0.3 is 11.1 Å². The third-order valence-corrected chi connectivity index (χ3v) is 3.98. The first-order valence-electron chi connectivity index (χ1n) is 6.31. The number of carbonyl (C=O) groups is 1. The minimum Gasteiger partial charge on any atom is -0.344 e. The zero-order valence-electron chi connectivity index (χ0n) is 11.5. The monoisotopic (exact) mass is 345 g/mol. The number of hydrogen-bond acceptors (Lipinski definition) is 4. The molecule has 0 aliphatic carbocycles. The Balaban J connectivity index is 0.00000220. The second-order valence-electron chi connectivity index (χ2n) is 4.42. The Morgan fingerprint density at radius 2 is 2.29 bits per heavy atom. The fraction of sp³-hybridized carbons (Fsp3) is 0.286. The van der Waals surface area contributed by atoms with Crippen LogP contribution in [0.4, 0.5) is 0 Å². The highest BCUT2D eigenvalue weighted by atomic mass is 35.5. The molecule has 0 saturated carbocycles. The molecule has 1 unspecified atom stereocenters. The number of nitrogens with one attached hydrogen (secondary N) is 1. The molecule has 114 valence electrons. The van der Waals surface area contributed by atoms with Gasteiger partial charge in [0.25, 0.3) is 5.91 Å². The van der Waals surface area contributed by atoms with Crippen LogP contribution in [-0.4, -0.2) is 17.4 Å². The molecule has 0 fully saturated rings. The maximum Gasteiger partial charge on any atom is 0.271 e. The Kier molecular flexibility index (Phi) is 7.11. The second kappa shape index (κ2) is 8.34. The van der Waals surface area contributed by atoms with Crippen molar-refractivity contribution in [3.63, 3.8) is 0 Å². The number of nitrogens with zero attached hydrogens (tertiary/aromatic N) is 1. The van der Waals surface area contributed by atoms with Gasteiger partial charge in [0.2, 0.25) is 0 Å². The van der Waals surface area contributed by atoms with Gasteiger partial charge in [-0.1, -0.05) is 23.7 Å². The van der Waals surface area contributed by atoms with Gasteiger partial charge in [0, 0.05) is 16.8 Å². The van der Waals surface area contributed by atoms with Crippen LogP contribution in [0, 0.1) is 0 Å². The van der Waals surface area contributed by atoms with E-state index in [0.29, 0.717) is 23.7 Å². The Morgan fingerprint density at radius 1 is 1.52 bits per heavy atom. The number of rotatable bonds is 5. The van der Waals surface area contributed by atoms with E-state index in [0.717, 1.165) is 10.6 Å². The summed E-state index contributed by atoms with van der Waals surface area (Å²) < 4.78 is 0. The van der Waals surface area contributed by atoms with Crippen molar-refractivity contribution in [2.45, 2.75) is 19.4 Å². The molecule has 1 atom stereocenters. The van der Waals surface area contributed by atoms with E-state index in [-0.39, 0.29) is 24.4 Å². The summed E-state index contributed by atoms with van der Waals surface area (Å²) in [6.07, 6.45) is 0.696. The number of hydrogen-bond donors (Lipinski definition) is 2. The van der Waals surface area contributed by atoms with Crippen LogP contribution in [0.1, 0.15) is 34.0 Å². The molecular weight excluding hydrogens is 329 g/mol. The van der Waals surface area contributed by atoms with Crippen LogP contribution in [-0.2, 0) is 6.42 Å². The van der Waals surface area contributed by atoms with Crippen LogP contribution >= 0.6 is 35.3 Å². The molecule has 4 nitrogen and oxygen atoms in total. The number of carbonyl (C=O) groups excluding carboxylic acids is 1. The maximum absolute atomic E-state index is 12.1. The van der Waals surface area contributed by atoms with E-state index in [1.807, 2.05) is 25.1 Å².